The van der Waals surface area contributed by atoms with Crippen LogP contribution in [-0.4, -0.2) is 31.8 Å². The fourth-order valence-corrected chi connectivity index (χ4v) is 3.39. The van der Waals surface area contributed by atoms with Crippen LogP contribution in [0.3, 0.4) is 0 Å². The maximum Gasteiger partial charge on any atom is 0.343 e. The van der Waals surface area contributed by atoms with Crippen molar-refractivity contribution < 1.29 is 28.5 Å². The molecule has 0 atom stereocenters. The zero-order chi connectivity index (χ0) is 24.3. The Hall–Kier alpha value is -3.32. The van der Waals surface area contributed by atoms with Crippen LogP contribution in [0.25, 0.3) is 0 Å². The van der Waals surface area contributed by atoms with Crippen molar-refractivity contribution in [1.82, 2.24) is 0 Å². The second kappa shape index (κ2) is 12.8. The van der Waals surface area contributed by atoms with Crippen LogP contribution in [0.1, 0.15) is 41.0 Å². The summed E-state index contributed by atoms with van der Waals surface area (Å²) < 4.78 is 22.6. The molecule has 0 unspecified atom stereocenters. The van der Waals surface area contributed by atoms with Crippen molar-refractivity contribution in [3.63, 3.8) is 0 Å². The highest BCUT2D eigenvalue weighted by Gasteiger charge is 2.14. The van der Waals surface area contributed by atoms with Gasteiger partial charge in [-0.2, -0.15) is 0 Å². The Labute approximate surface area is 207 Å². The van der Waals surface area contributed by atoms with Gasteiger partial charge in [-0.15, -0.1) is 0 Å². The van der Waals surface area contributed by atoms with E-state index in [0.717, 1.165) is 6.42 Å². The Morgan fingerprint density at radius 3 is 2.24 bits per heavy atom. The molecule has 6 nitrogen and oxygen atoms in total. The van der Waals surface area contributed by atoms with E-state index in [1.165, 1.54) is 6.07 Å². The molecule has 0 fully saturated rings. The van der Waals surface area contributed by atoms with E-state index >= 15 is 0 Å². The van der Waals surface area contributed by atoms with Gasteiger partial charge in [0.15, 0.2) is 0 Å². The average molecular weight is 527 g/mol. The molecule has 0 aliphatic carbocycles. The fraction of sp³-hybridized carbons (Fsp3) is 0.259. The third-order valence-corrected chi connectivity index (χ3v) is 5.35. The van der Waals surface area contributed by atoms with Crippen molar-refractivity contribution in [2.75, 3.05) is 19.8 Å². The lowest BCUT2D eigenvalue weighted by Gasteiger charge is -2.11. The number of benzene rings is 3. The highest BCUT2D eigenvalue weighted by Crippen LogP contribution is 2.27. The monoisotopic (exact) mass is 526 g/mol. The third kappa shape index (κ3) is 7.92. The Morgan fingerprint density at radius 1 is 0.765 bits per heavy atom. The van der Waals surface area contributed by atoms with Gasteiger partial charge in [0.05, 0.1) is 22.2 Å². The minimum Gasteiger partial charge on any atom is -0.492 e. The van der Waals surface area contributed by atoms with Crippen molar-refractivity contribution in [2.45, 2.75) is 20.3 Å². The molecule has 178 valence electrons. The van der Waals surface area contributed by atoms with Crippen LogP contribution < -0.4 is 14.2 Å². The van der Waals surface area contributed by atoms with Gasteiger partial charge in [0.1, 0.15) is 30.5 Å². The van der Waals surface area contributed by atoms with Crippen LogP contribution in [0, 0.1) is 5.92 Å². The molecule has 0 saturated heterocycles. The molecule has 0 heterocycles. The maximum absolute atomic E-state index is 12.6. The number of halogens is 1. The van der Waals surface area contributed by atoms with Gasteiger partial charge in [0, 0.05) is 0 Å². The largest absolute Gasteiger partial charge is 0.492 e. The minimum atomic E-state index is -0.545. The van der Waals surface area contributed by atoms with Crippen molar-refractivity contribution in [2.24, 2.45) is 5.92 Å². The molecule has 0 saturated carbocycles. The molecule has 0 amide bonds. The summed E-state index contributed by atoms with van der Waals surface area (Å²) in [7, 11) is 0. The van der Waals surface area contributed by atoms with Crippen molar-refractivity contribution in [3.8, 4) is 17.2 Å². The van der Waals surface area contributed by atoms with E-state index in [0.29, 0.717) is 34.1 Å². The van der Waals surface area contributed by atoms with E-state index in [9.17, 15) is 9.59 Å². The van der Waals surface area contributed by atoms with E-state index in [1.807, 2.05) is 30.3 Å². The highest BCUT2D eigenvalue weighted by atomic mass is 79.9. The van der Waals surface area contributed by atoms with Crippen LogP contribution >= 0.6 is 15.9 Å². The van der Waals surface area contributed by atoms with E-state index in [2.05, 4.69) is 29.8 Å². The summed E-state index contributed by atoms with van der Waals surface area (Å²) in [6.07, 6.45) is 0.940. The Bertz CT molecular complexity index is 1100. The quantitative estimate of drug-likeness (QED) is 0.165. The second-order valence-corrected chi connectivity index (χ2v) is 8.75. The fourth-order valence-electron chi connectivity index (χ4n) is 2.90. The lowest BCUT2D eigenvalue weighted by atomic mass is 10.1. The SMILES string of the molecule is CC(C)CCOc1ccc(C(=O)Oc2cccc(C(=O)OCCOc3ccccc3)c2)cc1Br. The van der Waals surface area contributed by atoms with Crippen molar-refractivity contribution >= 4 is 27.9 Å². The molecule has 0 spiro atoms. The first-order valence-corrected chi connectivity index (χ1v) is 11.8. The molecular formula is C27H27BrO6. The van der Waals surface area contributed by atoms with Crippen LogP contribution in [0.5, 0.6) is 17.2 Å². The summed E-state index contributed by atoms with van der Waals surface area (Å²) >= 11 is 3.44. The molecule has 0 aliphatic heterocycles. The van der Waals surface area contributed by atoms with E-state index in [1.54, 1.807) is 36.4 Å². The number of esters is 2. The number of carbonyl (C=O) groups excluding carboxylic acids is 2. The first-order valence-electron chi connectivity index (χ1n) is 11.0. The topological polar surface area (TPSA) is 71.1 Å². The summed E-state index contributed by atoms with van der Waals surface area (Å²) in [5.41, 5.74) is 0.634. The summed E-state index contributed by atoms with van der Waals surface area (Å²) in [6, 6.07) is 20.6. The van der Waals surface area contributed by atoms with Gasteiger partial charge in [0.2, 0.25) is 0 Å². The van der Waals surface area contributed by atoms with Gasteiger partial charge in [-0.3, -0.25) is 0 Å². The van der Waals surface area contributed by atoms with Crippen molar-refractivity contribution in [3.05, 3.63) is 88.4 Å². The smallest absolute Gasteiger partial charge is 0.343 e. The molecular weight excluding hydrogens is 500 g/mol. The standard InChI is InChI=1S/C27H27BrO6/c1-19(2)13-14-32-25-12-11-21(18-24(25)28)27(30)34-23-10-6-7-20(17-23)26(29)33-16-15-31-22-8-4-3-5-9-22/h3-12,17-19H,13-16H2,1-2H3. The molecule has 3 aromatic carbocycles. The lowest BCUT2D eigenvalue weighted by molar-refractivity contribution is 0.0449. The van der Waals surface area contributed by atoms with Gasteiger partial charge < -0.3 is 18.9 Å². The zero-order valence-electron chi connectivity index (χ0n) is 19.2. The number of hydrogen-bond acceptors (Lipinski definition) is 6. The van der Waals surface area contributed by atoms with Crippen molar-refractivity contribution in [1.29, 1.82) is 0 Å². The van der Waals surface area contributed by atoms with Gasteiger partial charge in [-0.25, -0.2) is 9.59 Å². The molecule has 3 aromatic rings. The highest BCUT2D eigenvalue weighted by molar-refractivity contribution is 9.10. The molecule has 0 N–H and O–H groups in total. The molecule has 0 radical (unpaired) electrons. The summed E-state index contributed by atoms with van der Waals surface area (Å²) in [6.45, 7) is 5.19. The van der Waals surface area contributed by atoms with Gasteiger partial charge in [0.25, 0.3) is 0 Å². The minimum absolute atomic E-state index is 0.0946. The summed E-state index contributed by atoms with van der Waals surface area (Å²) in [5, 5.41) is 0. The predicted molar refractivity (Wildman–Crippen MR) is 133 cm³/mol. The second-order valence-electron chi connectivity index (χ2n) is 7.89. The average Bonchev–Trinajstić information content (AvgIpc) is 2.83. The first kappa shape index (κ1) is 25.3. The maximum atomic E-state index is 12.6. The Morgan fingerprint density at radius 2 is 1.50 bits per heavy atom. The van der Waals surface area contributed by atoms with Gasteiger partial charge >= 0.3 is 11.9 Å². The van der Waals surface area contributed by atoms with Crippen LogP contribution in [-0.2, 0) is 4.74 Å². The van der Waals surface area contributed by atoms with E-state index < -0.39 is 11.9 Å². The zero-order valence-corrected chi connectivity index (χ0v) is 20.7. The lowest BCUT2D eigenvalue weighted by Crippen LogP contribution is -2.13. The van der Waals surface area contributed by atoms with Crippen LogP contribution in [0.15, 0.2) is 77.3 Å². The van der Waals surface area contributed by atoms with Crippen LogP contribution in [0.2, 0.25) is 0 Å². The Balaban J connectivity index is 1.52. The number of rotatable bonds is 11. The molecule has 0 bridgehead atoms. The normalized spacial score (nSPS) is 10.6. The molecule has 3 rings (SSSR count). The molecule has 0 aromatic heterocycles. The van der Waals surface area contributed by atoms with E-state index in [-0.39, 0.29) is 24.5 Å². The third-order valence-electron chi connectivity index (χ3n) is 4.73. The van der Waals surface area contributed by atoms with Gasteiger partial charge in [-0.1, -0.05) is 38.1 Å². The number of carbonyl (C=O) groups is 2. The van der Waals surface area contributed by atoms with E-state index in [4.69, 9.17) is 18.9 Å². The number of ether oxygens (including phenoxy) is 4. The summed E-state index contributed by atoms with van der Waals surface area (Å²) in [5.74, 6) is 1.08. The molecule has 7 heteroatoms. The molecule has 34 heavy (non-hydrogen) atoms. The number of para-hydroxylation sites is 1. The first-order chi connectivity index (χ1) is 16.4. The Kier molecular flexibility index (Phi) is 9.52. The van der Waals surface area contributed by atoms with Gasteiger partial charge in [-0.05, 0) is 76.8 Å². The molecule has 0 aliphatic rings. The number of hydrogen-bond donors (Lipinski definition) is 0. The van der Waals surface area contributed by atoms with Crippen LogP contribution in [0.4, 0.5) is 0 Å². The predicted octanol–water partition coefficient (Wildman–Crippen LogP) is 6.33. The summed E-state index contributed by atoms with van der Waals surface area (Å²) in [4.78, 5) is 24.9.